The maximum atomic E-state index is 6.13. The lowest BCUT2D eigenvalue weighted by Crippen LogP contribution is -2.51. The zero-order valence-corrected chi connectivity index (χ0v) is 25.4. The third kappa shape index (κ3) is 10.3. The molecule has 226 valence electrons. The molecule has 2 saturated heterocycles. The molecule has 2 fully saturated rings. The molecule has 8 nitrogen and oxygen atoms in total. The molecule has 2 aliphatic rings. The Bertz CT molecular complexity index is 545. The van der Waals surface area contributed by atoms with Crippen LogP contribution in [0.5, 0.6) is 0 Å². The van der Waals surface area contributed by atoms with Gasteiger partial charge in [-0.15, -0.1) is 0 Å². The molecule has 0 aromatic carbocycles. The van der Waals surface area contributed by atoms with Gasteiger partial charge < -0.3 is 37.9 Å². The summed E-state index contributed by atoms with van der Waals surface area (Å²) in [5.74, 6) is -1.90. The van der Waals surface area contributed by atoms with Gasteiger partial charge in [-0.25, -0.2) is 0 Å². The highest BCUT2D eigenvalue weighted by Crippen LogP contribution is 2.39. The SMILES string of the molecule is CCCCC1(CC)COC(CC)(OCCOCCOCCOC2(CC)OCC(CC)(CCCC)CO2)OC1. The van der Waals surface area contributed by atoms with Crippen molar-refractivity contribution < 1.29 is 37.9 Å². The van der Waals surface area contributed by atoms with Crippen LogP contribution >= 0.6 is 0 Å². The first kappa shape index (κ1) is 33.9. The Labute approximate surface area is 232 Å². The Hall–Kier alpha value is -0.320. The minimum Gasteiger partial charge on any atom is -0.377 e. The number of unbranched alkanes of at least 4 members (excludes halogenated alkanes) is 2. The van der Waals surface area contributed by atoms with Crippen LogP contribution in [0.25, 0.3) is 0 Å². The smallest absolute Gasteiger partial charge is 0.282 e. The lowest BCUT2D eigenvalue weighted by molar-refractivity contribution is -0.423. The van der Waals surface area contributed by atoms with Crippen molar-refractivity contribution in [3.63, 3.8) is 0 Å². The molecule has 0 aromatic rings. The molecule has 0 radical (unpaired) electrons. The van der Waals surface area contributed by atoms with Crippen molar-refractivity contribution in [3.8, 4) is 0 Å². The number of ether oxygens (including phenoxy) is 8. The fourth-order valence-corrected chi connectivity index (χ4v) is 4.99. The molecule has 38 heavy (non-hydrogen) atoms. The normalized spacial score (nSPS) is 32.1. The van der Waals surface area contributed by atoms with Gasteiger partial charge in [0.2, 0.25) is 0 Å². The van der Waals surface area contributed by atoms with Crippen LogP contribution in [-0.2, 0) is 37.9 Å². The van der Waals surface area contributed by atoms with E-state index in [9.17, 15) is 0 Å². The third-order valence-corrected chi connectivity index (χ3v) is 8.35. The van der Waals surface area contributed by atoms with Gasteiger partial charge in [0.05, 0.1) is 66.1 Å². The third-order valence-electron chi connectivity index (χ3n) is 8.35. The first-order chi connectivity index (χ1) is 18.4. The van der Waals surface area contributed by atoms with Crippen molar-refractivity contribution in [1.82, 2.24) is 0 Å². The van der Waals surface area contributed by atoms with Crippen LogP contribution in [0.15, 0.2) is 0 Å². The summed E-state index contributed by atoms with van der Waals surface area (Å²) in [4.78, 5) is 0. The predicted octanol–water partition coefficient (Wildman–Crippen LogP) is 6.45. The minimum absolute atomic E-state index is 0.107. The maximum absolute atomic E-state index is 6.13. The summed E-state index contributed by atoms with van der Waals surface area (Å²) in [5.41, 5.74) is 0.215. The van der Waals surface area contributed by atoms with E-state index in [0.29, 0.717) is 78.9 Å². The molecule has 8 heteroatoms. The molecule has 2 heterocycles. The van der Waals surface area contributed by atoms with E-state index in [4.69, 9.17) is 37.9 Å². The van der Waals surface area contributed by atoms with E-state index in [1.807, 2.05) is 13.8 Å². The Morgan fingerprint density at radius 1 is 0.474 bits per heavy atom. The van der Waals surface area contributed by atoms with Gasteiger partial charge in [-0.2, -0.15) is 0 Å². The van der Waals surface area contributed by atoms with Crippen molar-refractivity contribution >= 4 is 0 Å². The molecule has 0 N–H and O–H groups in total. The molecular formula is C30H58O8. The molecule has 0 amide bonds. The summed E-state index contributed by atoms with van der Waals surface area (Å²) in [6.07, 6.45) is 10.4. The Kier molecular flexibility index (Phi) is 15.6. The lowest BCUT2D eigenvalue weighted by Gasteiger charge is -2.45. The molecule has 0 spiro atoms. The van der Waals surface area contributed by atoms with Crippen molar-refractivity contribution in [2.75, 3.05) is 66.1 Å². The molecule has 0 atom stereocenters. The van der Waals surface area contributed by atoms with Crippen LogP contribution in [0.1, 0.15) is 106 Å². The number of hydrogen-bond acceptors (Lipinski definition) is 8. The zero-order chi connectivity index (χ0) is 27.8. The van der Waals surface area contributed by atoms with Crippen LogP contribution in [-0.4, -0.2) is 78.0 Å². The first-order valence-corrected chi connectivity index (χ1v) is 15.4. The van der Waals surface area contributed by atoms with Crippen molar-refractivity contribution in [3.05, 3.63) is 0 Å². The predicted molar refractivity (Wildman–Crippen MR) is 148 cm³/mol. The van der Waals surface area contributed by atoms with Crippen LogP contribution in [0.4, 0.5) is 0 Å². The highest BCUT2D eigenvalue weighted by Gasteiger charge is 2.44. The molecule has 2 rings (SSSR count). The Morgan fingerprint density at radius 3 is 1.11 bits per heavy atom. The van der Waals surface area contributed by atoms with E-state index in [2.05, 4.69) is 27.7 Å². The average molecular weight is 547 g/mol. The second kappa shape index (κ2) is 17.5. The topological polar surface area (TPSA) is 73.8 Å². The van der Waals surface area contributed by atoms with Gasteiger partial charge in [0.25, 0.3) is 11.9 Å². The first-order valence-electron chi connectivity index (χ1n) is 15.4. The van der Waals surface area contributed by atoms with Gasteiger partial charge in [-0.05, 0) is 25.7 Å². The van der Waals surface area contributed by atoms with E-state index in [-0.39, 0.29) is 10.8 Å². The molecule has 0 unspecified atom stereocenters. The van der Waals surface area contributed by atoms with E-state index >= 15 is 0 Å². The summed E-state index contributed by atoms with van der Waals surface area (Å²) in [5, 5.41) is 0. The van der Waals surface area contributed by atoms with Gasteiger partial charge in [-0.3, -0.25) is 0 Å². The van der Waals surface area contributed by atoms with Crippen LogP contribution in [0.2, 0.25) is 0 Å². The summed E-state index contributed by atoms with van der Waals surface area (Å²) in [6.45, 7) is 18.4. The van der Waals surface area contributed by atoms with Gasteiger partial charge in [-0.1, -0.05) is 67.2 Å². The van der Waals surface area contributed by atoms with E-state index in [1.165, 1.54) is 25.7 Å². The number of rotatable bonds is 21. The summed E-state index contributed by atoms with van der Waals surface area (Å²) < 4.78 is 47.9. The van der Waals surface area contributed by atoms with Crippen LogP contribution in [0, 0.1) is 10.8 Å². The summed E-state index contributed by atoms with van der Waals surface area (Å²) in [6, 6.07) is 0. The minimum atomic E-state index is -0.951. The molecular weight excluding hydrogens is 488 g/mol. The lowest BCUT2D eigenvalue weighted by atomic mass is 9.81. The Balaban J connectivity index is 1.55. The van der Waals surface area contributed by atoms with Gasteiger partial charge >= 0.3 is 0 Å². The highest BCUT2D eigenvalue weighted by atomic mass is 16.9. The molecule has 0 bridgehead atoms. The second-order valence-electron chi connectivity index (χ2n) is 11.1. The van der Waals surface area contributed by atoms with E-state index in [0.717, 1.165) is 25.7 Å². The zero-order valence-electron chi connectivity index (χ0n) is 25.4. The molecule has 0 saturated carbocycles. The van der Waals surface area contributed by atoms with Gasteiger partial charge in [0.15, 0.2) is 0 Å². The largest absolute Gasteiger partial charge is 0.377 e. The quantitative estimate of drug-likeness (QED) is 0.152. The van der Waals surface area contributed by atoms with E-state index in [1.54, 1.807) is 0 Å². The van der Waals surface area contributed by atoms with Crippen LogP contribution in [0.3, 0.4) is 0 Å². The van der Waals surface area contributed by atoms with Crippen molar-refractivity contribution in [2.45, 2.75) is 118 Å². The van der Waals surface area contributed by atoms with Crippen molar-refractivity contribution in [2.24, 2.45) is 10.8 Å². The second-order valence-corrected chi connectivity index (χ2v) is 11.1. The molecule has 2 aliphatic heterocycles. The standard InChI is InChI=1S/C30H58O8/c1-7-13-15-27(9-3)23-35-29(11-5,36-24-27)33-21-19-31-17-18-32-20-22-34-30(12-6)37-25-28(10-4,26-38-30)16-14-8-2/h7-26H2,1-6H3. The van der Waals surface area contributed by atoms with Gasteiger partial charge in [0, 0.05) is 23.7 Å². The fraction of sp³-hybridized carbons (Fsp3) is 1.00. The average Bonchev–Trinajstić information content (AvgIpc) is 2.97. The Morgan fingerprint density at radius 2 is 0.816 bits per heavy atom. The summed E-state index contributed by atoms with van der Waals surface area (Å²) in [7, 11) is 0. The van der Waals surface area contributed by atoms with Crippen LogP contribution < -0.4 is 0 Å². The molecule has 0 aromatic heterocycles. The van der Waals surface area contributed by atoms with Crippen molar-refractivity contribution in [1.29, 1.82) is 0 Å². The molecule has 0 aliphatic carbocycles. The van der Waals surface area contributed by atoms with Gasteiger partial charge in [0.1, 0.15) is 0 Å². The fourth-order valence-electron chi connectivity index (χ4n) is 4.99. The number of hydrogen-bond donors (Lipinski definition) is 0. The maximum Gasteiger partial charge on any atom is 0.282 e. The monoisotopic (exact) mass is 546 g/mol. The van der Waals surface area contributed by atoms with E-state index < -0.39 is 11.9 Å². The summed E-state index contributed by atoms with van der Waals surface area (Å²) >= 11 is 0. The highest BCUT2D eigenvalue weighted by molar-refractivity contribution is 4.83.